The molecule has 2 aliphatic rings. The highest BCUT2D eigenvalue weighted by Gasteiger charge is 2.30. The van der Waals surface area contributed by atoms with E-state index in [0.717, 1.165) is 24.9 Å². The van der Waals surface area contributed by atoms with E-state index in [-0.39, 0.29) is 0 Å². The summed E-state index contributed by atoms with van der Waals surface area (Å²) in [5.74, 6) is 0.804. The lowest BCUT2D eigenvalue weighted by Gasteiger charge is -2.01. The van der Waals surface area contributed by atoms with Crippen LogP contribution in [0.25, 0.3) is 0 Å². The number of aromatic nitrogens is 1. The van der Waals surface area contributed by atoms with Crippen molar-refractivity contribution in [2.75, 3.05) is 0 Å². The molecule has 0 atom stereocenters. The van der Waals surface area contributed by atoms with Crippen molar-refractivity contribution in [3.05, 3.63) is 15.6 Å². The molecule has 0 aromatic carbocycles. The largest absolute Gasteiger partial charge is 0.309 e. The van der Waals surface area contributed by atoms with E-state index in [9.17, 15) is 0 Å². The van der Waals surface area contributed by atoms with E-state index in [1.54, 1.807) is 0 Å². The summed E-state index contributed by atoms with van der Waals surface area (Å²) in [5.41, 5.74) is 1.43. The Morgan fingerprint density at radius 2 is 2.12 bits per heavy atom. The Kier molecular flexibility index (Phi) is 2.99. The summed E-state index contributed by atoms with van der Waals surface area (Å²) in [4.78, 5) is 6.36. The van der Waals surface area contributed by atoms with Crippen LogP contribution in [0.4, 0.5) is 0 Å². The molecule has 0 amide bonds. The minimum atomic E-state index is 0.804. The van der Waals surface area contributed by atoms with Gasteiger partial charge in [0.15, 0.2) is 0 Å². The molecule has 2 aliphatic carbocycles. The zero-order valence-electron chi connectivity index (χ0n) is 9.96. The Balaban J connectivity index is 1.71. The van der Waals surface area contributed by atoms with Gasteiger partial charge in [-0.15, -0.1) is 11.3 Å². The summed E-state index contributed by atoms with van der Waals surface area (Å²) in [6, 6.07) is 0.809. The van der Waals surface area contributed by atoms with Crippen LogP contribution in [0.2, 0.25) is 0 Å². The summed E-state index contributed by atoms with van der Waals surface area (Å²) in [6.45, 7) is 3.30. The zero-order valence-corrected chi connectivity index (χ0v) is 10.8. The van der Waals surface area contributed by atoms with Crippen LogP contribution in [-0.2, 0) is 13.0 Å². The minimum Gasteiger partial charge on any atom is -0.309 e. The fourth-order valence-electron chi connectivity index (χ4n) is 2.06. The molecule has 1 N–H and O–H groups in total. The lowest BCUT2D eigenvalue weighted by Crippen LogP contribution is -2.15. The summed E-state index contributed by atoms with van der Waals surface area (Å²) < 4.78 is 0. The molecule has 2 nitrogen and oxygen atoms in total. The molecule has 0 radical (unpaired) electrons. The molecular weight excluding hydrogens is 216 g/mol. The first kappa shape index (κ1) is 10.7. The second-order valence-corrected chi connectivity index (χ2v) is 6.26. The lowest BCUT2D eigenvalue weighted by atomic mass is 10.2. The third-order valence-electron chi connectivity index (χ3n) is 3.33. The van der Waals surface area contributed by atoms with Crippen LogP contribution in [0.15, 0.2) is 0 Å². The quantitative estimate of drug-likeness (QED) is 0.820. The predicted octanol–water partition coefficient (Wildman–Crippen LogP) is 3.23. The van der Waals surface area contributed by atoms with Gasteiger partial charge in [-0.1, -0.05) is 6.92 Å². The highest BCUT2D eigenvalue weighted by Crippen LogP contribution is 2.42. The normalized spacial score (nSPS) is 20.3. The van der Waals surface area contributed by atoms with E-state index >= 15 is 0 Å². The average Bonchev–Trinajstić information content (AvgIpc) is 3.17. The third kappa shape index (κ3) is 2.46. The van der Waals surface area contributed by atoms with Crippen molar-refractivity contribution >= 4 is 11.3 Å². The van der Waals surface area contributed by atoms with Crippen molar-refractivity contribution in [3.63, 3.8) is 0 Å². The number of aryl methyl sites for hydroxylation is 1. The van der Waals surface area contributed by atoms with Crippen LogP contribution >= 0.6 is 11.3 Å². The van der Waals surface area contributed by atoms with Crippen molar-refractivity contribution in [1.82, 2.24) is 10.3 Å². The number of hydrogen-bond acceptors (Lipinski definition) is 3. The Hall–Kier alpha value is -0.410. The molecule has 1 aromatic rings. The van der Waals surface area contributed by atoms with Gasteiger partial charge >= 0.3 is 0 Å². The number of rotatable bonds is 6. The summed E-state index contributed by atoms with van der Waals surface area (Å²) in [7, 11) is 0. The maximum atomic E-state index is 4.84. The molecule has 0 saturated heterocycles. The number of thiazole rings is 1. The van der Waals surface area contributed by atoms with Crippen molar-refractivity contribution < 1.29 is 0 Å². The highest BCUT2D eigenvalue weighted by atomic mass is 32.1. The summed E-state index contributed by atoms with van der Waals surface area (Å²) >= 11 is 1.95. The van der Waals surface area contributed by atoms with E-state index in [1.165, 1.54) is 47.7 Å². The van der Waals surface area contributed by atoms with Gasteiger partial charge in [0.1, 0.15) is 0 Å². The van der Waals surface area contributed by atoms with E-state index in [4.69, 9.17) is 4.98 Å². The SMILES string of the molecule is CCCc1nc(C2CC2)c(CNC2CC2)s1. The molecule has 0 spiro atoms. The molecule has 0 bridgehead atoms. The molecule has 3 heteroatoms. The molecule has 3 rings (SSSR count). The van der Waals surface area contributed by atoms with Gasteiger partial charge in [-0.2, -0.15) is 0 Å². The molecular formula is C13H20N2S. The Bertz CT molecular complexity index is 364. The van der Waals surface area contributed by atoms with Crippen LogP contribution in [0.1, 0.15) is 60.5 Å². The van der Waals surface area contributed by atoms with Crippen LogP contribution in [0.3, 0.4) is 0 Å². The van der Waals surface area contributed by atoms with Gasteiger partial charge < -0.3 is 5.32 Å². The minimum absolute atomic E-state index is 0.804. The van der Waals surface area contributed by atoms with Gasteiger partial charge in [0.05, 0.1) is 10.7 Å². The van der Waals surface area contributed by atoms with Crippen LogP contribution in [0, 0.1) is 0 Å². The van der Waals surface area contributed by atoms with E-state index in [1.807, 2.05) is 11.3 Å². The van der Waals surface area contributed by atoms with Crippen LogP contribution in [0.5, 0.6) is 0 Å². The molecule has 2 saturated carbocycles. The van der Waals surface area contributed by atoms with Crippen molar-refractivity contribution in [2.24, 2.45) is 0 Å². The van der Waals surface area contributed by atoms with E-state index in [0.29, 0.717) is 0 Å². The maximum absolute atomic E-state index is 4.84. The fraction of sp³-hybridized carbons (Fsp3) is 0.769. The molecule has 16 heavy (non-hydrogen) atoms. The second kappa shape index (κ2) is 4.46. The zero-order chi connectivity index (χ0) is 11.0. The monoisotopic (exact) mass is 236 g/mol. The van der Waals surface area contributed by atoms with Crippen molar-refractivity contribution in [2.45, 2.75) is 64.0 Å². The highest BCUT2D eigenvalue weighted by molar-refractivity contribution is 7.11. The molecule has 2 fully saturated rings. The fourth-order valence-corrected chi connectivity index (χ4v) is 3.27. The van der Waals surface area contributed by atoms with Gasteiger partial charge in [0.25, 0.3) is 0 Å². The first-order chi connectivity index (χ1) is 7.86. The van der Waals surface area contributed by atoms with Gasteiger partial charge in [-0.25, -0.2) is 4.98 Å². The van der Waals surface area contributed by atoms with Gasteiger partial charge in [0.2, 0.25) is 0 Å². The Morgan fingerprint density at radius 3 is 2.75 bits per heavy atom. The van der Waals surface area contributed by atoms with Crippen LogP contribution in [-0.4, -0.2) is 11.0 Å². The second-order valence-electron chi connectivity index (χ2n) is 5.10. The number of nitrogens with one attached hydrogen (secondary N) is 1. The predicted molar refractivity (Wildman–Crippen MR) is 67.9 cm³/mol. The van der Waals surface area contributed by atoms with Gasteiger partial charge in [-0.05, 0) is 38.5 Å². The molecule has 0 unspecified atom stereocenters. The third-order valence-corrected chi connectivity index (χ3v) is 4.46. The Labute approximate surface area is 101 Å². The maximum Gasteiger partial charge on any atom is 0.0931 e. The first-order valence-corrected chi connectivity index (χ1v) is 7.40. The standard InChI is InChI=1S/C13H20N2S/c1-2-3-12-15-13(9-4-5-9)11(16-12)8-14-10-6-7-10/h9-10,14H,2-8H2,1H3. The Morgan fingerprint density at radius 1 is 1.31 bits per heavy atom. The topological polar surface area (TPSA) is 24.9 Å². The van der Waals surface area contributed by atoms with Crippen molar-refractivity contribution in [3.8, 4) is 0 Å². The number of hydrogen-bond donors (Lipinski definition) is 1. The average molecular weight is 236 g/mol. The van der Waals surface area contributed by atoms with E-state index < -0.39 is 0 Å². The van der Waals surface area contributed by atoms with Gasteiger partial charge in [-0.3, -0.25) is 0 Å². The molecule has 1 aromatic heterocycles. The molecule has 0 aliphatic heterocycles. The smallest absolute Gasteiger partial charge is 0.0931 e. The first-order valence-electron chi connectivity index (χ1n) is 6.58. The lowest BCUT2D eigenvalue weighted by molar-refractivity contribution is 0.688. The molecule has 88 valence electrons. The van der Waals surface area contributed by atoms with Crippen molar-refractivity contribution in [1.29, 1.82) is 0 Å². The number of nitrogens with zero attached hydrogens (tertiary/aromatic N) is 1. The van der Waals surface area contributed by atoms with Crippen LogP contribution < -0.4 is 5.32 Å². The van der Waals surface area contributed by atoms with Gasteiger partial charge in [0, 0.05) is 23.4 Å². The van der Waals surface area contributed by atoms with E-state index in [2.05, 4.69) is 12.2 Å². The summed E-state index contributed by atoms with van der Waals surface area (Å²) in [5, 5.41) is 4.98. The molecule has 1 heterocycles. The summed E-state index contributed by atoms with van der Waals surface area (Å²) in [6.07, 6.45) is 7.86.